The zero-order valence-electron chi connectivity index (χ0n) is 19.0. The van der Waals surface area contributed by atoms with Crippen LogP contribution < -0.4 is 4.74 Å². The van der Waals surface area contributed by atoms with Crippen molar-refractivity contribution in [2.75, 3.05) is 13.7 Å². The van der Waals surface area contributed by atoms with Gasteiger partial charge in [-0.1, -0.05) is 54.2 Å². The van der Waals surface area contributed by atoms with Crippen molar-refractivity contribution < 1.29 is 14.2 Å². The summed E-state index contributed by atoms with van der Waals surface area (Å²) in [6, 6.07) is 18.4. The Hall–Kier alpha value is -2.74. The molecule has 6 rings (SSSR count). The van der Waals surface area contributed by atoms with E-state index in [1.165, 1.54) is 5.56 Å². The lowest BCUT2D eigenvalue weighted by atomic mass is 9.89. The fraction of sp³-hybridized carbons (Fsp3) is 0.370. The molecule has 1 aromatic heterocycles. The highest BCUT2D eigenvalue weighted by molar-refractivity contribution is 7.98. The first-order valence-electron chi connectivity index (χ1n) is 11.8. The molecule has 0 spiro atoms. The van der Waals surface area contributed by atoms with Crippen molar-refractivity contribution in [3.05, 3.63) is 77.7 Å². The summed E-state index contributed by atoms with van der Waals surface area (Å²) in [4.78, 5) is 14.0. The van der Waals surface area contributed by atoms with E-state index in [0.717, 1.165) is 52.9 Å². The molecule has 0 radical (unpaired) electrons. The molecule has 3 aliphatic rings. The van der Waals surface area contributed by atoms with Crippen LogP contribution in [-0.4, -0.2) is 36.0 Å². The van der Waals surface area contributed by atoms with E-state index in [2.05, 4.69) is 40.4 Å². The highest BCUT2D eigenvalue weighted by Crippen LogP contribution is 2.49. The molecular formula is C27H27N3O3S. The van der Waals surface area contributed by atoms with E-state index in [9.17, 15) is 0 Å². The average Bonchev–Trinajstić information content (AvgIpc) is 3.52. The van der Waals surface area contributed by atoms with E-state index in [1.54, 1.807) is 25.2 Å². The summed E-state index contributed by atoms with van der Waals surface area (Å²) >= 11 is 1.73. The van der Waals surface area contributed by atoms with Crippen LogP contribution in [0.25, 0.3) is 0 Å². The van der Waals surface area contributed by atoms with Crippen LogP contribution in [0.15, 0.2) is 70.9 Å². The molecule has 0 bridgehead atoms. The van der Waals surface area contributed by atoms with Gasteiger partial charge in [-0.25, -0.2) is 9.97 Å². The summed E-state index contributed by atoms with van der Waals surface area (Å²) in [7, 11) is 1.67. The number of hydrogen-bond acceptors (Lipinski definition) is 7. The van der Waals surface area contributed by atoms with E-state index in [4.69, 9.17) is 19.2 Å². The molecule has 1 saturated carbocycles. The maximum atomic E-state index is 6.41. The van der Waals surface area contributed by atoms with E-state index in [1.807, 2.05) is 30.3 Å². The third-order valence-corrected chi connectivity index (χ3v) is 8.09. The largest absolute Gasteiger partial charge is 0.497 e. The second-order valence-electron chi connectivity index (χ2n) is 9.10. The third-order valence-electron chi connectivity index (χ3n) is 7.04. The first kappa shape index (κ1) is 21.8. The molecule has 1 saturated heterocycles. The van der Waals surface area contributed by atoms with Gasteiger partial charge in [0.05, 0.1) is 25.5 Å². The number of ether oxygens (including phenoxy) is 3. The van der Waals surface area contributed by atoms with Crippen LogP contribution in [-0.2, 0) is 15.2 Å². The van der Waals surface area contributed by atoms with Gasteiger partial charge in [0.15, 0.2) is 6.29 Å². The molecule has 0 amide bonds. The molecule has 2 aromatic carbocycles. The minimum Gasteiger partial charge on any atom is -0.497 e. The predicted molar refractivity (Wildman–Crippen MR) is 132 cm³/mol. The minimum absolute atomic E-state index is 0.192. The van der Waals surface area contributed by atoms with E-state index >= 15 is 0 Å². The van der Waals surface area contributed by atoms with Crippen molar-refractivity contribution in [1.82, 2.24) is 9.97 Å². The molecule has 3 aromatic rings. The third kappa shape index (κ3) is 4.24. The van der Waals surface area contributed by atoms with Crippen LogP contribution in [0.3, 0.4) is 0 Å². The summed E-state index contributed by atoms with van der Waals surface area (Å²) in [5.41, 5.74) is 4.31. The SMILES string of the molecule is COc1ccc(C2OC[C@@H]3C[C@@H](C4C=Nc5c(SCc6ccccc6)ncnc54)C[C@@H]3O2)cc1. The summed E-state index contributed by atoms with van der Waals surface area (Å²) in [5, 5.41) is 0.960. The van der Waals surface area contributed by atoms with E-state index in [-0.39, 0.29) is 18.3 Å². The maximum Gasteiger partial charge on any atom is 0.184 e. The van der Waals surface area contributed by atoms with Gasteiger partial charge in [-0.15, -0.1) is 0 Å². The molecule has 2 unspecified atom stereocenters. The predicted octanol–water partition coefficient (Wildman–Crippen LogP) is 5.72. The fourth-order valence-corrected chi connectivity index (χ4v) is 6.16. The molecule has 3 heterocycles. The van der Waals surface area contributed by atoms with E-state index < -0.39 is 0 Å². The Bertz CT molecular complexity index is 1170. The van der Waals surface area contributed by atoms with Crippen molar-refractivity contribution in [2.45, 2.75) is 41.9 Å². The lowest BCUT2D eigenvalue weighted by molar-refractivity contribution is -0.233. The Morgan fingerprint density at radius 2 is 1.85 bits per heavy atom. The summed E-state index contributed by atoms with van der Waals surface area (Å²) in [6.07, 6.45) is 5.70. The summed E-state index contributed by atoms with van der Waals surface area (Å²) in [6.45, 7) is 0.719. The monoisotopic (exact) mass is 473 g/mol. The zero-order chi connectivity index (χ0) is 22.9. The number of fused-ring (bicyclic) bond motifs is 2. The molecule has 1 aliphatic carbocycles. The van der Waals surface area contributed by atoms with Crippen molar-refractivity contribution in [1.29, 1.82) is 0 Å². The van der Waals surface area contributed by atoms with Crippen LogP contribution >= 0.6 is 11.8 Å². The lowest BCUT2D eigenvalue weighted by Gasteiger charge is -2.32. The van der Waals surface area contributed by atoms with Gasteiger partial charge in [-0.05, 0) is 36.5 Å². The molecule has 7 heteroatoms. The standard InChI is InChI=1S/C27H27N3O3S/c1-31-21-9-7-18(8-10-21)27-32-14-20-11-19(12-23(20)33-27)22-13-28-25-24(22)29-16-30-26(25)34-15-17-5-3-2-4-6-17/h2-10,13,16,19-20,22-23,27H,11-12,14-15H2,1H3/t19-,20+,22?,23+,27?/m1/s1. The number of aromatic nitrogens is 2. The lowest BCUT2D eigenvalue weighted by Crippen LogP contribution is -2.32. The number of methoxy groups -OCH3 is 1. The van der Waals surface area contributed by atoms with Crippen LogP contribution in [0.5, 0.6) is 5.75 Å². The number of thioether (sulfide) groups is 1. The van der Waals surface area contributed by atoms with Gasteiger partial charge in [0, 0.05) is 29.4 Å². The van der Waals surface area contributed by atoms with Crippen molar-refractivity contribution in [2.24, 2.45) is 16.8 Å². The van der Waals surface area contributed by atoms with Gasteiger partial charge in [-0.2, -0.15) is 0 Å². The van der Waals surface area contributed by atoms with Crippen LogP contribution in [0.4, 0.5) is 5.69 Å². The van der Waals surface area contributed by atoms with Crippen molar-refractivity contribution in [3.8, 4) is 5.75 Å². The Morgan fingerprint density at radius 3 is 2.68 bits per heavy atom. The van der Waals surface area contributed by atoms with Gasteiger partial charge >= 0.3 is 0 Å². The number of benzene rings is 2. The first-order valence-corrected chi connectivity index (χ1v) is 12.7. The van der Waals surface area contributed by atoms with Crippen molar-refractivity contribution in [3.63, 3.8) is 0 Å². The normalized spacial score (nSPS) is 27.4. The van der Waals surface area contributed by atoms with Crippen LogP contribution in [0.1, 0.15) is 41.9 Å². The van der Waals surface area contributed by atoms with Gasteiger partial charge in [0.25, 0.3) is 0 Å². The molecule has 174 valence electrons. The minimum atomic E-state index is -0.321. The van der Waals surface area contributed by atoms with Crippen molar-refractivity contribution >= 4 is 23.7 Å². The number of nitrogens with zero attached hydrogens (tertiary/aromatic N) is 3. The first-order chi connectivity index (χ1) is 16.8. The second kappa shape index (κ2) is 9.49. The fourth-order valence-electron chi connectivity index (χ4n) is 5.25. The number of rotatable bonds is 6. The Morgan fingerprint density at radius 1 is 1.00 bits per heavy atom. The van der Waals surface area contributed by atoms with Gasteiger partial charge in [0.1, 0.15) is 22.8 Å². The molecular weight excluding hydrogens is 446 g/mol. The summed E-state index contributed by atoms with van der Waals surface area (Å²) in [5.74, 6) is 2.77. The zero-order valence-corrected chi connectivity index (χ0v) is 19.9. The molecule has 5 atom stereocenters. The number of aliphatic imine (C=N–C) groups is 1. The van der Waals surface area contributed by atoms with Gasteiger partial charge < -0.3 is 14.2 Å². The van der Waals surface area contributed by atoms with Crippen LogP contribution in [0.2, 0.25) is 0 Å². The second-order valence-corrected chi connectivity index (χ2v) is 10.1. The smallest absolute Gasteiger partial charge is 0.184 e. The Balaban J connectivity index is 1.13. The maximum absolute atomic E-state index is 6.41. The van der Waals surface area contributed by atoms with Gasteiger partial charge in [0.2, 0.25) is 0 Å². The highest BCUT2D eigenvalue weighted by atomic mass is 32.2. The van der Waals surface area contributed by atoms with Gasteiger partial charge in [-0.3, -0.25) is 4.99 Å². The molecule has 2 aliphatic heterocycles. The summed E-state index contributed by atoms with van der Waals surface area (Å²) < 4.78 is 17.8. The topological polar surface area (TPSA) is 65.8 Å². The van der Waals surface area contributed by atoms with Crippen LogP contribution in [0, 0.1) is 11.8 Å². The Kier molecular flexibility index (Phi) is 6.07. The quantitative estimate of drug-likeness (QED) is 0.337. The highest BCUT2D eigenvalue weighted by Gasteiger charge is 2.45. The molecule has 34 heavy (non-hydrogen) atoms. The molecule has 6 nitrogen and oxygen atoms in total. The average molecular weight is 474 g/mol. The Labute approximate surface area is 203 Å². The molecule has 2 fully saturated rings. The number of hydrogen-bond donors (Lipinski definition) is 0. The molecule has 0 N–H and O–H groups in total. The van der Waals surface area contributed by atoms with E-state index in [0.29, 0.717) is 11.8 Å².